The van der Waals surface area contributed by atoms with Crippen molar-refractivity contribution >= 4 is 33.0 Å². The van der Waals surface area contributed by atoms with Gasteiger partial charge in [0.15, 0.2) is 11.5 Å². The zero-order valence-electron chi connectivity index (χ0n) is 11.0. The molecule has 0 spiro atoms. The molecule has 21 heavy (non-hydrogen) atoms. The highest BCUT2D eigenvalue weighted by molar-refractivity contribution is 7.91. The smallest absolute Gasteiger partial charge is 0.250 e. The van der Waals surface area contributed by atoms with E-state index in [0.29, 0.717) is 15.8 Å². The first-order valence-electron chi connectivity index (χ1n) is 6.13. The molecule has 8 heteroatoms. The molecule has 1 aliphatic rings. The number of hydrogen-bond donors (Lipinski definition) is 1. The Morgan fingerprint density at radius 2 is 2.00 bits per heavy atom. The molecule has 0 radical (unpaired) electrons. The van der Waals surface area contributed by atoms with Crippen LogP contribution in [0.5, 0.6) is 11.5 Å². The third-order valence-corrected chi connectivity index (χ3v) is 6.31. The normalized spacial score (nSPS) is 15.1. The second-order valence-corrected chi connectivity index (χ2v) is 8.17. The summed E-state index contributed by atoms with van der Waals surface area (Å²) in [6.07, 6.45) is 0. The van der Waals surface area contributed by atoms with Gasteiger partial charge in [0.2, 0.25) is 6.79 Å². The lowest BCUT2D eigenvalue weighted by molar-refractivity contribution is 0.174. The largest absolute Gasteiger partial charge is 0.454 e. The van der Waals surface area contributed by atoms with E-state index in [1.165, 1.54) is 6.07 Å². The van der Waals surface area contributed by atoms with Crippen molar-refractivity contribution < 1.29 is 17.9 Å². The summed E-state index contributed by atoms with van der Waals surface area (Å²) < 4.78 is 38.3. The quantitative estimate of drug-likeness (QED) is 0.924. The third-order valence-electron chi connectivity index (χ3n) is 3.04. The van der Waals surface area contributed by atoms with E-state index in [9.17, 15) is 8.42 Å². The van der Waals surface area contributed by atoms with Crippen LogP contribution < -0.4 is 14.2 Å². The van der Waals surface area contributed by atoms with Crippen molar-refractivity contribution in [3.05, 3.63) is 40.2 Å². The van der Waals surface area contributed by atoms with Crippen LogP contribution in [0.2, 0.25) is 4.34 Å². The Labute approximate surface area is 131 Å². The number of thiophene rings is 1. The number of sulfonamides is 1. The Hall–Kier alpha value is -1.28. The minimum Gasteiger partial charge on any atom is -0.454 e. The molecule has 0 fully saturated rings. The summed E-state index contributed by atoms with van der Waals surface area (Å²) in [7, 11) is -3.59. The average molecular weight is 346 g/mol. The highest BCUT2D eigenvalue weighted by atomic mass is 35.5. The van der Waals surface area contributed by atoms with Crippen LogP contribution in [0.4, 0.5) is 0 Å². The minimum atomic E-state index is -3.59. The van der Waals surface area contributed by atoms with E-state index >= 15 is 0 Å². The Morgan fingerprint density at radius 1 is 1.24 bits per heavy atom. The first-order valence-corrected chi connectivity index (χ1v) is 8.81. The van der Waals surface area contributed by atoms with Gasteiger partial charge in [0.1, 0.15) is 4.21 Å². The van der Waals surface area contributed by atoms with Gasteiger partial charge in [-0.25, -0.2) is 13.1 Å². The molecule has 0 aliphatic carbocycles. The van der Waals surface area contributed by atoms with Gasteiger partial charge < -0.3 is 9.47 Å². The van der Waals surface area contributed by atoms with Crippen molar-refractivity contribution in [1.82, 2.24) is 4.72 Å². The van der Waals surface area contributed by atoms with Gasteiger partial charge in [0.25, 0.3) is 10.0 Å². The molecule has 0 bridgehead atoms. The van der Waals surface area contributed by atoms with Gasteiger partial charge in [-0.1, -0.05) is 17.7 Å². The van der Waals surface area contributed by atoms with Crippen LogP contribution >= 0.6 is 22.9 Å². The summed E-state index contributed by atoms with van der Waals surface area (Å²) in [5.74, 6) is 1.29. The molecular formula is C13H12ClNO4S2. The SMILES string of the molecule is C[C@@H](NS(=O)(=O)c1ccc(Cl)s1)c1ccc2c(c1)OCO2. The van der Waals surface area contributed by atoms with Crippen LogP contribution in [0.15, 0.2) is 34.5 Å². The number of halogens is 1. The minimum absolute atomic E-state index is 0.187. The molecule has 1 aromatic heterocycles. The number of rotatable bonds is 4. The maximum absolute atomic E-state index is 12.2. The van der Waals surface area contributed by atoms with Crippen LogP contribution in [-0.4, -0.2) is 15.2 Å². The highest BCUT2D eigenvalue weighted by Gasteiger charge is 2.22. The Kier molecular flexibility index (Phi) is 3.83. The lowest BCUT2D eigenvalue weighted by atomic mass is 10.1. The number of hydrogen-bond acceptors (Lipinski definition) is 5. The van der Waals surface area contributed by atoms with Crippen LogP contribution in [0.3, 0.4) is 0 Å². The lowest BCUT2D eigenvalue weighted by Crippen LogP contribution is -2.26. The fraction of sp³-hybridized carbons (Fsp3) is 0.231. The maximum Gasteiger partial charge on any atom is 0.250 e. The lowest BCUT2D eigenvalue weighted by Gasteiger charge is -2.14. The Morgan fingerprint density at radius 3 is 2.71 bits per heavy atom. The van der Waals surface area contributed by atoms with Crippen LogP contribution in [0.1, 0.15) is 18.5 Å². The summed E-state index contributed by atoms with van der Waals surface area (Å²) in [4.78, 5) is 0. The van der Waals surface area contributed by atoms with Crippen molar-refractivity contribution in [3.8, 4) is 11.5 Å². The van der Waals surface area contributed by atoms with Gasteiger partial charge in [-0.15, -0.1) is 11.3 Å². The van der Waals surface area contributed by atoms with Crippen LogP contribution in [0, 0.1) is 0 Å². The van der Waals surface area contributed by atoms with Gasteiger partial charge in [0.05, 0.1) is 4.34 Å². The first kappa shape index (κ1) is 14.6. The molecule has 2 heterocycles. The van der Waals surface area contributed by atoms with E-state index in [4.69, 9.17) is 21.1 Å². The zero-order chi connectivity index (χ0) is 15.0. The molecule has 0 unspecified atom stereocenters. The van der Waals surface area contributed by atoms with E-state index in [1.807, 2.05) is 6.07 Å². The molecule has 2 aromatic rings. The molecule has 1 atom stereocenters. The molecular weight excluding hydrogens is 334 g/mol. The predicted octanol–water partition coefficient (Wildman–Crippen LogP) is 3.17. The van der Waals surface area contributed by atoms with Gasteiger partial charge in [-0.3, -0.25) is 0 Å². The van der Waals surface area contributed by atoms with Crippen molar-refractivity contribution in [2.75, 3.05) is 6.79 Å². The second-order valence-electron chi connectivity index (χ2n) is 4.51. The Bertz CT molecular complexity index is 772. The highest BCUT2D eigenvalue weighted by Crippen LogP contribution is 2.34. The third kappa shape index (κ3) is 3.01. The number of nitrogens with one attached hydrogen (secondary N) is 1. The summed E-state index contributed by atoms with van der Waals surface area (Å²) in [5, 5.41) is 0. The van der Waals surface area contributed by atoms with Crippen LogP contribution in [0.25, 0.3) is 0 Å². The van der Waals surface area contributed by atoms with Gasteiger partial charge in [0, 0.05) is 6.04 Å². The fourth-order valence-corrected chi connectivity index (χ4v) is 4.71. The van der Waals surface area contributed by atoms with E-state index < -0.39 is 16.1 Å². The van der Waals surface area contributed by atoms with E-state index in [1.54, 1.807) is 25.1 Å². The van der Waals surface area contributed by atoms with Gasteiger partial charge >= 0.3 is 0 Å². The molecule has 5 nitrogen and oxygen atoms in total. The van der Waals surface area contributed by atoms with Gasteiger partial charge in [-0.05, 0) is 36.8 Å². The van der Waals surface area contributed by atoms with Crippen molar-refractivity contribution in [2.45, 2.75) is 17.2 Å². The zero-order valence-corrected chi connectivity index (χ0v) is 13.4. The first-order chi connectivity index (χ1) is 9.95. The maximum atomic E-state index is 12.2. The standard InChI is InChI=1S/C13H12ClNO4S2/c1-8(9-2-3-10-11(6-9)19-7-18-10)15-21(16,17)13-5-4-12(14)20-13/h2-6,8,15H,7H2,1H3/t8-/m1/s1. The molecule has 1 aromatic carbocycles. The van der Waals surface area contributed by atoms with Crippen molar-refractivity contribution in [3.63, 3.8) is 0 Å². The summed E-state index contributed by atoms with van der Waals surface area (Å²) in [6.45, 7) is 1.96. The molecule has 1 N–H and O–H groups in total. The number of benzene rings is 1. The molecule has 1 aliphatic heterocycles. The Balaban J connectivity index is 1.81. The molecule has 112 valence electrons. The van der Waals surface area contributed by atoms with Crippen molar-refractivity contribution in [2.24, 2.45) is 0 Å². The summed E-state index contributed by atoms with van der Waals surface area (Å²) >= 11 is 6.80. The molecule has 0 saturated carbocycles. The van der Waals surface area contributed by atoms with E-state index in [-0.39, 0.29) is 11.0 Å². The number of ether oxygens (including phenoxy) is 2. The monoisotopic (exact) mass is 345 g/mol. The molecule has 0 saturated heterocycles. The van der Waals surface area contributed by atoms with E-state index in [0.717, 1.165) is 16.9 Å². The molecule has 3 rings (SSSR count). The fourth-order valence-electron chi connectivity index (χ4n) is 1.98. The topological polar surface area (TPSA) is 64.6 Å². The summed E-state index contributed by atoms with van der Waals surface area (Å²) in [6, 6.07) is 8.00. The number of fused-ring (bicyclic) bond motifs is 1. The summed E-state index contributed by atoms with van der Waals surface area (Å²) in [5.41, 5.74) is 0.797. The van der Waals surface area contributed by atoms with Gasteiger partial charge in [-0.2, -0.15) is 0 Å². The second kappa shape index (κ2) is 5.49. The average Bonchev–Trinajstić information content (AvgIpc) is 3.05. The molecule has 0 amide bonds. The van der Waals surface area contributed by atoms with Crippen LogP contribution in [-0.2, 0) is 10.0 Å². The van der Waals surface area contributed by atoms with E-state index in [2.05, 4.69) is 4.72 Å². The van der Waals surface area contributed by atoms with Crippen molar-refractivity contribution in [1.29, 1.82) is 0 Å². The predicted molar refractivity (Wildman–Crippen MR) is 80.6 cm³/mol.